The summed E-state index contributed by atoms with van der Waals surface area (Å²) in [6, 6.07) is 0. The highest BCUT2D eigenvalue weighted by molar-refractivity contribution is 5.76. The second kappa shape index (κ2) is 6.78. The van der Waals surface area contributed by atoms with Crippen LogP contribution in [0.5, 0.6) is 0 Å². The largest absolute Gasteiger partial charge is 0.203 e. The van der Waals surface area contributed by atoms with Crippen molar-refractivity contribution in [3.8, 4) is 11.1 Å². The summed E-state index contributed by atoms with van der Waals surface area (Å²) in [6.07, 6.45) is 0. The van der Waals surface area contributed by atoms with Gasteiger partial charge in [-0.3, -0.25) is 0 Å². The van der Waals surface area contributed by atoms with Crippen LogP contribution in [0, 0.1) is 47.6 Å². The predicted octanol–water partition coefficient (Wildman–Crippen LogP) is 7.23. The highest BCUT2D eigenvalue weighted by Gasteiger charge is 2.38. The lowest BCUT2D eigenvalue weighted by molar-refractivity contribution is 0.391. The first-order valence-corrected chi connectivity index (χ1v) is 8.57. The molecule has 0 saturated carbocycles. The lowest BCUT2D eigenvalue weighted by Crippen LogP contribution is -2.23. The van der Waals surface area contributed by atoms with E-state index in [-0.39, 0.29) is 11.1 Å². The summed E-state index contributed by atoms with van der Waals surface area (Å²) in [5.41, 5.74) is -5.30. The molecule has 7 heteroatoms. The fourth-order valence-corrected chi connectivity index (χ4v) is 3.52. The van der Waals surface area contributed by atoms with Gasteiger partial charge in [0, 0.05) is 16.7 Å². The van der Waals surface area contributed by atoms with Gasteiger partial charge in [-0.2, -0.15) is 0 Å². The van der Waals surface area contributed by atoms with E-state index in [1.54, 1.807) is 0 Å². The van der Waals surface area contributed by atoms with E-state index in [9.17, 15) is 30.7 Å². The first-order valence-electron chi connectivity index (χ1n) is 8.57. The molecular weight excluding hydrogens is 385 g/mol. The van der Waals surface area contributed by atoms with Crippen LogP contribution in [0.1, 0.15) is 58.2 Å². The Hall–Kier alpha value is -2.05. The molecule has 0 atom stereocenters. The van der Waals surface area contributed by atoms with E-state index in [2.05, 4.69) is 0 Å². The average molecular weight is 406 g/mol. The Morgan fingerprint density at radius 2 is 0.750 bits per heavy atom. The number of hydrogen-bond donors (Lipinski definition) is 0. The van der Waals surface area contributed by atoms with Gasteiger partial charge >= 0.3 is 0 Å². The fraction of sp³-hybridized carbons (Fsp3) is 0.429. The molecule has 0 heterocycles. The van der Waals surface area contributed by atoms with Crippen molar-refractivity contribution in [1.29, 1.82) is 0 Å². The summed E-state index contributed by atoms with van der Waals surface area (Å²) in [6.45, 7) is 9.89. The standard InChI is InChI=1S/C21H21F7/c1-8-11(20(2,3)4)9(14(23)17(26)13(8)22)10-12(21(5,6)7)16(25)19(28)18(27)15(10)24/h1-7H3. The van der Waals surface area contributed by atoms with E-state index in [0.29, 0.717) is 0 Å². The number of halogens is 7. The highest BCUT2D eigenvalue weighted by atomic mass is 19.2. The molecule has 0 saturated heterocycles. The molecule has 154 valence electrons. The minimum absolute atomic E-state index is 0.168. The van der Waals surface area contributed by atoms with E-state index < -0.39 is 68.2 Å². The molecule has 2 rings (SSSR count). The normalized spacial score (nSPS) is 12.6. The van der Waals surface area contributed by atoms with Crippen LogP contribution in [0.25, 0.3) is 11.1 Å². The third-order valence-electron chi connectivity index (χ3n) is 4.58. The summed E-state index contributed by atoms with van der Waals surface area (Å²) in [7, 11) is 0. The minimum Gasteiger partial charge on any atom is -0.203 e. The quantitative estimate of drug-likeness (QED) is 0.266. The molecule has 0 fully saturated rings. The lowest BCUT2D eigenvalue weighted by Gasteiger charge is -2.30. The molecule has 0 aliphatic rings. The van der Waals surface area contributed by atoms with Crippen LogP contribution in [0.15, 0.2) is 0 Å². The average Bonchev–Trinajstić information content (AvgIpc) is 2.55. The molecule has 0 radical (unpaired) electrons. The van der Waals surface area contributed by atoms with Crippen LogP contribution in [-0.2, 0) is 10.8 Å². The minimum atomic E-state index is -2.15. The highest BCUT2D eigenvalue weighted by Crippen LogP contribution is 2.46. The van der Waals surface area contributed by atoms with Gasteiger partial charge in [-0.05, 0) is 28.9 Å². The van der Waals surface area contributed by atoms with Gasteiger partial charge < -0.3 is 0 Å². The van der Waals surface area contributed by atoms with Gasteiger partial charge in [0.25, 0.3) is 0 Å². The van der Waals surface area contributed by atoms with Crippen molar-refractivity contribution in [1.82, 2.24) is 0 Å². The zero-order valence-electron chi connectivity index (χ0n) is 16.6. The molecule has 0 unspecified atom stereocenters. The second-order valence-corrected chi connectivity index (χ2v) is 8.82. The first-order chi connectivity index (χ1) is 12.5. The zero-order chi connectivity index (χ0) is 21.9. The van der Waals surface area contributed by atoms with Crippen molar-refractivity contribution in [2.75, 3.05) is 0 Å². The van der Waals surface area contributed by atoms with Crippen molar-refractivity contribution < 1.29 is 30.7 Å². The van der Waals surface area contributed by atoms with E-state index in [1.165, 1.54) is 41.5 Å². The maximum absolute atomic E-state index is 14.9. The third-order valence-corrected chi connectivity index (χ3v) is 4.58. The van der Waals surface area contributed by atoms with Gasteiger partial charge in [-0.1, -0.05) is 41.5 Å². The van der Waals surface area contributed by atoms with Crippen molar-refractivity contribution in [2.24, 2.45) is 0 Å². The summed E-state index contributed by atoms with van der Waals surface area (Å²) in [4.78, 5) is 0. The SMILES string of the molecule is Cc1c(F)c(F)c(F)c(-c2c(F)c(F)c(F)c(F)c2C(C)(C)C)c1C(C)(C)C. The Kier molecular flexibility index (Phi) is 5.38. The van der Waals surface area contributed by atoms with E-state index in [1.807, 2.05) is 0 Å². The predicted molar refractivity (Wildman–Crippen MR) is 93.7 cm³/mol. The van der Waals surface area contributed by atoms with E-state index in [0.717, 1.165) is 6.92 Å². The van der Waals surface area contributed by atoms with Gasteiger partial charge in [0.05, 0.1) is 0 Å². The number of benzene rings is 2. The van der Waals surface area contributed by atoms with Crippen LogP contribution in [0.4, 0.5) is 30.7 Å². The van der Waals surface area contributed by atoms with E-state index >= 15 is 0 Å². The summed E-state index contributed by atoms with van der Waals surface area (Å²) in [5, 5.41) is 0. The summed E-state index contributed by atoms with van der Waals surface area (Å²) in [5.74, 6) is -12.9. The molecule has 0 bridgehead atoms. The summed E-state index contributed by atoms with van der Waals surface area (Å²) < 4.78 is 101. The van der Waals surface area contributed by atoms with E-state index in [4.69, 9.17) is 0 Å². The first kappa shape index (κ1) is 22.2. The molecule has 2 aromatic rings. The smallest absolute Gasteiger partial charge is 0.198 e. The molecule has 0 spiro atoms. The molecule has 0 nitrogen and oxygen atoms in total. The van der Waals surface area contributed by atoms with Crippen LogP contribution >= 0.6 is 0 Å². The Morgan fingerprint density at radius 3 is 1.14 bits per heavy atom. The Balaban J connectivity index is 3.28. The van der Waals surface area contributed by atoms with Gasteiger partial charge in [-0.15, -0.1) is 0 Å². The fourth-order valence-electron chi connectivity index (χ4n) is 3.52. The van der Waals surface area contributed by atoms with Gasteiger partial charge in [-0.25, -0.2) is 30.7 Å². The molecule has 0 N–H and O–H groups in total. The number of rotatable bonds is 1. The summed E-state index contributed by atoms with van der Waals surface area (Å²) >= 11 is 0. The Morgan fingerprint density at radius 1 is 0.429 bits per heavy atom. The Bertz CT molecular complexity index is 882. The zero-order valence-corrected chi connectivity index (χ0v) is 16.6. The van der Waals surface area contributed by atoms with Crippen molar-refractivity contribution in [3.05, 3.63) is 57.4 Å². The van der Waals surface area contributed by atoms with Crippen LogP contribution in [-0.4, -0.2) is 0 Å². The Labute approximate surface area is 159 Å². The van der Waals surface area contributed by atoms with Crippen molar-refractivity contribution >= 4 is 0 Å². The van der Waals surface area contributed by atoms with Crippen LogP contribution in [0.2, 0.25) is 0 Å². The van der Waals surface area contributed by atoms with Gasteiger partial charge in [0.2, 0.25) is 0 Å². The maximum atomic E-state index is 14.9. The molecule has 0 aliphatic heterocycles. The monoisotopic (exact) mass is 406 g/mol. The van der Waals surface area contributed by atoms with Crippen molar-refractivity contribution in [2.45, 2.75) is 59.3 Å². The molecular formula is C21H21F7. The lowest BCUT2D eigenvalue weighted by atomic mass is 9.74. The van der Waals surface area contributed by atoms with Gasteiger partial charge in [0.1, 0.15) is 0 Å². The van der Waals surface area contributed by atoms with Crippen LogP contribution < -0.4 is 0 Å². The third kappa shape index (κ3) is 3.29. The number of hydrogen-bond acceptors (Lipinski definition) is 0. The second-order valence-electron chi connectivity index (χ2n) is 8.82. The molecule has 0 aromatic heterocycles. The van der Waals surface area contributed by atoms with Gasteiger partial charge in [0.15, 0.2) is 40.7 Å². The topological polar surface area (TPSA) is 0 Å². The maximum Gasteiger partial charge on any atom is 0.198 e. The van der Waals surface area contributed by atoms with Crippen molar-refractivity contribution in [3.63, 3.8) is 0 Å². The molecule has 2 aromatic carbocycles. The van der Waals surface area contributed by atoms with Crippen LogP contribution in [0.3, 0.4) is 0 Å². The molecule has 28 heavy (non-hydrogen) atoms. The molecule has 0 amide bonds. The molecule has 0 aliphatic carbocycles.